The zero-order valence-corrected chi connectivity index (χ0v) is 13.7. The van der Waals surface area contributed by atoms with E-state index in [2.05, 4.69) is 75.6 Å². The predicted octanol–water partition coefficient (Wildman–Crippen LogP) is 4.29. The number of hydrogen-bond acceptors (Lipinski definition) is 2. The van der Waals surface area contributed by atoms with Crippen molar-refractivity contribution in [2.24, 2.45) is 17.2 Å². The Kier molecular flexibility index (Phi) is 5.02. The Hall–Kier alpha value is -1.38. The van der Waals surface area contributed by atoms with E-state index < -0.39 is 0 Å². The van der Waals surface area contributed by atoms with Gasteiger partial charge in [0.1, 0.15) is 0 Å². The number of hydrazine groups is 1. The van der Waals surface area contributed by atoms with Gasteiger partial charge in [-0.2, -0.15) is 0 Å². The van der Waals surface area contributed by atoms with Crippen LogP contribution >= 0.6 is 0 Å². The summed E-state index contributed by atoms with van der Waals surface area (Å²) in [6.07, 6.45) is 2.06. The van der Waals surface area contributed by atoms with E-state index in [1.807, 2.05) is 0 Å². The maximum atomic E-state index is 5.81. The SMILES string of the molecule is CC(CC(Cc1cccc2ccccc12)NN)C(C)(C)C. The molecule has 0 aliphatic rings. The minimum Gasteiger partial charge on any atom is -0.271 e. The van der Waals surface area contributed by atoms with E-state index in [4.69, 9.17) is 5.84 Å². The van der Waals surface area contributed by atoms with E-state index in [1.54, 1.807) is 0 Å². The van der Waals surface area contributed by atoms with Crippen molar-refractivity contribution in [2.45, 2.75) is 46.6 Å². The highest BCUT2D eigenvalue weighted by Gasteiger charge is 2.23. The third-order valence-electron chi connectivity index (χ3n) is 4.70. The van der Waals surface area contributed by atoms with E-state index >= 15 is 0 Å². The first-order chi connectivity index (χ1) is 9.91. The van der Waals surface area contributed by atoms with Crippen LogP contribution < -0.4 is 11.3 Å². The highest BCUT2D eigenvalue weighted by atomic mass is 15.2. The number of nitrogens with two attached hydrogens (primary N) is 1. The molecule has 0 amide bonds. The zero-order chi connectivity index (χ0) is 15.5. The molecule has 21 heavy (non-hydrogen) atoms. The lowest BCUT2D eigenvalue weighted by Gasteiger charge is -2.30. The second-order valence-corrected chi connectivity index (χ2v) is 7.21. The van der Waals surface area contributed by atoms with E-state index in [9.17, 15) is 0 Å². The minimum absolute atomic E-state index is 0.310. The zero-order valence-electron chi connectivity index (χ0n) is 13.7. The van der Waals surface area contributed by atoms with Crippen LogP contribution in [0.5, 0.6) is 0 Å². The van der Waals surface area contributed by atoms with E-state index in [-0.39, 0.29) is 0 Å². The van der Waals surface area contributed by atoms with Gasteiger partial charge in [-0.1, -0.05) is 70.2 Å². The normalized spacial score (nSPS) is 15.1. The molecule has 0 aliphatic carbocycles. The van der Waals surface area contributed by atoms with Crippen molar-refractivity contribution in [3.63, 3.8) is 0 Å². The quantitative estimate of drug-likeness (QED) is 0.635. The standard InChI is InChI=1S/C19H28N2/c1-14(19(2,3)4)12-17(21-20)13-16-10-7-9-15-8-5-6-11-18(15)16/h5-11,14,17,21H,12-13,20H2,1-4H3. The third-order valence-corrected chi connectivity index (χ3v) is 4.70. The van der Waals surface area contributed by atoms with E-state index in [0.717, 1.165) is 12.8 Å². The number of benzene rings is 2. The molecule has 0 radical (unpaired) electrons. The molecule has 0 heterocycles. The summed E-state index contributed by atoms with van der Waals surface area (Å²) >= 11 is 0. The van der Waals surface area contributed by atoms with Crippen molar-refractivity contribution in [3.8, 4) is 0 Å². The van der Waals surface area contributed by atoms with Crippen molar-refractivity contribution in [1.82, 2.24) is 5.43 Å². The first-order valence-corrected chi connectivity index (χ1v) is 7.84. The molecule has 2 rings (SSSR count). The molecule has 0 aromatic heterocycles. The number of fused-ring (bicyclic) bond motifs is 1. The van der Waals surface area contributed by atoms with Gasteiger partial charge in [-0.15, -0.1) is 0 Å². The predicted molar refractivity (Wildman–Crippen MR) is 92.0 cm³/mol. The summed E-state index contributed by atoms with van der Waals surface area (Å²) in [6, 6.07) is 15.4. The monoisotopic (exact) mass is 284 g/mol. The van der Waals surface area contributed by atoms with Gasteiger partial charge >= 0.3 is 0 Å². The minimum atomic E-state index is 0.310. The second kappa shape index (κ2) is 6.59. The van der Waals surface area contributed by atoms with Gasteiger partial charge in [-0.05, 0) is 40.5 Å². The van der Waals surface area contributed by atoms with Crippen LogP contribution in [-0.4, -0.2) is 6.04 Å². The molecule has 2 nitrogen and oxygen atoms in total. The molecular weight excluding hydrogens is 256 g/mol. The second-order valence-electron chi connectivity index (χ2n) is 7.21. The molecule has 2 atom stereocenters. The number of rotatable bonds is 5. The van der Waals surface area contributed by atoms with Crippen molar-refractivity contribution in [3.05, 3.63) is 48.0 Å². The van der Waals surface area contributed by atoms with Gasteiger partial charge in [0.05, 0.1) is 0 Å². The summed E-state index contributed by atoms with van der Waals surface area (Å²) in [7, 11) is 0. The Morgan fingerprint density at radius 3 is 2.38 bits per heavy atom. The Balaban J connectivity index is 2.17. The Morgan fingerprint density at radius 2 is 1.71 bits per heavy atom. The van der Waals surface area contributed by atoms with Crippen LogP contribution in [0.1, 0.15) is 39.7 Å². The van der Waals surface area contributed by atoms with Crippen LogP contribution in [0.3, 0.4) is 0 Å². The van der Waals surface area contributed by atoms with Crippen LogP contribution in [0, 0.1) is 11.3 Å². The van der Waals surface area contributed by atoms with Gasteiger partial charge < -0.3 is 0 Å². The summed E-state index contributed by atoms with van der Waals surface area (Å²) in [5.41, 5.74) is 4.70. The van der Waals surface area contributed by atoms with Crippen LogP contribution in [0.2, 0.25) is 0 Å². The maximum Gasteiger partial charge on any atom is 0.0253 e. The van der Waals surface area contributed by atoms with Crippen molar-refractivity contribution in [1.29, 1.82) is 0 Å². The van der Waals surface area contributed by atoms with Gasteiger partial charge in [-0.3, -0.25) is 11.3 Å². The molecule has 2 unspecified atom stereocenters. The largest absolute Gasteiger partial charge is 0.271 e. The Labute approximate surface area is 128 Å². The molecule has 114 valence electrons. The smallest absolute Gasteiger partial charge is 0.0253 e. The molecule has 2 aromatic rings. The van der Waals surface area contributed by atoms with Gasteiger partial charge in [0.15, 0.2) is 0 Å². The summed E-state index contributed by atoms with van der Waals surface area (Å²) in [4.78, 5) is 0. The Bertz CT molecular complexity index is 578. The van der Waals surface area contributed by atoms with Gasteiger partial charge in [-0.25, -0.2) is 0 Å². The molecule has 0 saturated carbocycles. The molecule has 0 bridgehead atoms. The van der Waals surface area contributed by atoms with Crippen LogP contribution in [0.4, 0.5) is 0 Å². The molecule has 3 N–H and O–H groups in total. The highest BCUT2D eigenvalue weighted by Crippen LogP contribution is 2.30. The topological polar surface area (TPSA) is 38.0 Å². The van der Waals surface area contributed by atoms with Gasteiger partial charge in [0.25, 0.3) is 0 Å². The summed E-state index contributed by atoms with van der Waals surface area (Å²) in [5.74, 6) is 6.43. The van der Waals surface area contributed by atoms with Crippen molar-refractivity contribution < 1.29 is 0 Å². The van der Waals surface area contributed by atoms with Crippen molar-refractivity contribution in [2.75, 3.05) is 0 Å². The lowest BCUT2D eigenvalue weighted by atomic mass is 9.78. The van der Waals surface area contributed by atoms with E-state index in [0.29, 0.717) is 17.4 Å². The lowest BCUT2D eigenvalue weighted by molar-refractivity contribution is 0.222. The summed E-state index contributed by atoms with van der Waals surface area (Å²) < 4.78 is 0. The molecule has 2 aromatic carbocycles. The van der Waals surface area contributed by atoms with Crippen LogP contribution in [0.15, 0.2) is 42.5 Å². The van der Waals surface area contributed by atoms with Gasteiger partial charge in [0.2, 0.25) is 0 Å². The molecular formula is C19H28N2. The summed E-state index contributed by atoms with van der Waals surface area (Å²) in [6.45, 7) is 9.20. The molecule has 0 spiro atoms. The fourth-order valence-corrected chi connectivity index (χ4v) is 2.73. The molecule has 0 saturated heterocycles. The average molecular weight is 284 g/mol. The third kappa shape index (κ3) is 4.05. The fraction of sp³-hybridized carbons (Fsp3) is 0.474. The average Bonchev–Trinajstić information content (AvgIpc) is 2.45. The first kappa shape index (κ1) is 16.0. The van der Waals surface area contributed by atoms with Crippen molar-refractivity contribution >= 4 is 10.8 Å². The van der Waals surface area contributed by atoms with Crippen LogP contribution in [-0.2, 0) is 6.42 Å². The van der Waals surface area contributed by atoms with Gasteiger partial charge in [0, 0.05) is 6.04 Å². The summed E-state index contributed by atoms with van der Waals surface area (Å²) in [5, 5.41) is 2.64. The highest BCUT2D eigenvalue weighted by molar-refractivity contribution is 5.85. The van der Waals surface area contributed by atoms with E-state index in [1.165, 1.54) is 16.3 Å². The molecule has 2 heteroatoms. The molecule has 0 fully saturated rings. The maximum absolute atomic E-state index is 5.81. The first-order valence-electron chi connectivity index (χ1n) is 7.84. The number of hydrogen-bond donors (Lipinski definition) is 2. The van der Waals surface area contributed by atoms with Crippen LogP contribution in [0.25, 0.3) is 10.8 Å². The fourth-order valence-electron chi connectivity index (χ4n) is 2.73. The number of nitrogens with one attached hydrogen (secondary N) is 1. The lowest BCUT2D eigenvalue weighted by Crippen LogP contribution is -2.39. The Morgan fingerprint density at radius 1 is 1.05 bits per heavy atom. The molecule has 0 aliphatic heterocycles.